The SMILES string of the molecule is CC1=C[C@@H]2N(c3ccc(C)cc31)[C@H](C(=O)c1ccc(C)cc1)[C@@H](C(=O)c1ccc3c(c1)OCO3)[C@]21C(=O)Nc2ccccc21. The van der Waals surface area contributed by atoms with Gasteiger partial charge in [0.15, 0.2) is 23.1 Å². The van der Waals surface area contributed by atoms with Gasteiger partial charge in [0.05, 0.1) is 12.0 Å². The van der Waals surface area contributed by atoms with Crippen LogP contribution in [0.2, 0.25) is 0 Å². The van der Waals surface area contributed by atoms with E-state index in [0.29, 0.717) is 28.3 Å². The molecule has 1 saturated heterocycles. The monoisotopic (exact) mass is 582 g/mol. The number of rotatable bonds is 4. The number of allylic oxidation sites excluding steroid dienone is 1. The van der Waals surface area contributed by atoms with Crippen LogP contribution in [0.3, 0.4) is 0 Å². The van der Waals surface area contributed by atoms with Crippen LogP contribution in [0.1, 0.15) is 49.9 Å². The van der Waals surface area contributed by atoms with Gasteiger partial charge in [-0.1, -0.05) is 65.7 Å². The minimum Gasteiger partial charge on any atom is -0.454 e. The molecule has 0 bridgehead atoms. The molecule has 7 nitrogen and oxygen atoms in total. The zero-order valence-corrected chi connectivity index (χ0v) is 24.6. The van der Waals surface area contributed by atoms with Gasteiger partial charge in [-0.25, -0.2) is 0 Å². The van der Waals surface area contributed by atoms with Crippen LogP contribution >= 0.6 is 0 Å². The fourth-order valence-electron chi connectivity index (χ4n) is 7.66. The molecule has 4 aliphatic rings. The van der Waals surface area contributed by atoms with E-state index in [4.69, 9.17) is 9.47 Å². The van der Waals surface area contributed by atoms with Crippen molar-refractivity contribution in [3.8, 4) is 11.5 Å². The number of carbonyl (C=O) groups excluding carboxylic acids is 3. The molecule has 1 spiro atoms. The van der Waals surface area contributed by atoms with E-state index >= 15 is 4.79 Å². The standard InChI is InChI=1S/C37H30N2O5/c1-20-8-11-23(12-9-20)35(41)33-32(34(40)24-13-15-29-30(18-24)44-19-43-29)37(26-6-4-5-7-27(26)38-36(37)42)31-17-22(3)25-16-21(2)10-14-28(25)39(31)33/h4-18,31-33H,19H2,1-3H3,(H,38,42)/t31-,32-,33-,37+/m0/s1. The second kappa shape index (κ2) is 9.41. The molecule has 0 radical (unpaired) electrons. The molecule has 4 aromatic rings. The van der Waals surface area contributed by atoms with E-state index < -0.39 is 23.4 Å². The van der Waals surface area contributed by atoms with E-state index in [1.54, 1.807) is 18.2 Å². The summed E-state index contributed by atoms with van der Waals surface area (Å²) in [6.07, 6.45) is 2.08. The van der Waals surface area contributed by atoms with Gasteiger partial charge in [0, 0.05) is 28.1 Å². The summed E-state index contributed by atoms with van der Waals surface area (Å²) in [4.78, 5) is 46.6. The minimum absolute atomic E-state index is 0.0702. The van der Waals surface area contributed by atoms with E-state index in [9.17, 15) is 9.59 Å². The molecule has 0 saturated carbocycles. The fourth-order valence-corrected chi connectivity index (χ4v) is 7.66. The number of carbonyl (C=O) groups is 3. The Bertz CT molecular complexity index is 1940. The highest BCUT2D eigenvalue weighted by Crippen LogP contribution is 2.59. The van der Waals surface area contributed by atoms with E-state index in [1.165, 1.54) is 0 Å². The van der Waals surface area contributed by atoms with E-state index in [2.05, 4.69) is 17.5 Å². The molecule has 4 heterocycles. The number of hydrogen-bond donors (Lipinski definition) is 1. The normalized spacial score (nSPS) is 24.0. The molecule has 0 unspecified atom stereocenters. The number of ether oxygens (including phenoxy) is 2. The Kier molecular flexibility index (Phi) is 5.66. The van der Waals surface area contributed by atoms with Gasteiger partial charge in [0.25, 0.3) is 0 Å². The van der Waals surface area contributed by atoms with Crippen LogP contribution in [0.4, 0.5) is 11.4 Å². The molecule has 1 N–H and O–H groups in total. The second-order valence-electron chi connectivity index (χ2n) is 12.2. The molecular weight excluding hydrogens is 552 g/mol. The first-order valence-electron chi connectivity index (χ1n) is 14.8. The van der Waals surface area contributed by atoms with Gasteiger partial charge >= 0.3 is 0 Å². The van der Waals surface area contributed by atoms with Crippen LogP contribution in [0.15, 0.2) is 91.0 Å². The Morgan fingerprint density at radius 1 is 0.818 bits per heavy atom. The van der Waals surface area contributed by atoms with E-state index in [1.807, 2.05) is 86.3 Å². The Morgan fingerprint density at radius 2 is 1.55 bits per heavy atom. The van der Waals surface area contributed by atoms with Gasteiger partial charge in [0.1, 0.15) is 11.5 Å². The van der Waals surface area contributed by atoms with Gasteiger partial charge < -0.3 is 19.7 Å². The second-order valence-corrected chi connectivity index (χ2v) is 12.2. The van der Waals surface area contributed by atoms with Gasteiger partial charge in [-0.3, -0.25) is 14.4 Å². The number of nitrogens with zero attached hydrogens (tertiary/aromatic N) is 1. The maximum Gasteiger partial charge on any atom is 0.238 e. The van der Waals surface area contributed by atoms with Crippen molar-refractivity contribution in [2.24, 2.45) is 5.92 Å². The molecule has 4 atom stereocenters. The third kappa shape index (κ3) is 3.52. The summed E-state index contributed by atoms with van der Waals surface area (Å²) in [5.74, 6) is -0.820. The number of aryl methyl sites for hydroxylation is 2. The Balaban J connectivity index is 1.43. The third-order valence-electron chi connectivity index (χ3n) is 9.68. The molecule has 0 aromatic heterocycles. The largest absolute Gasteiger partial charge is 0.454 e. The van der Waals surface area contributed by atoms with Crippen LogP contribution < -0.4 is 19.7 Å². The van der Waals surface area contributed by atoms with Crippen LogP contribution in [-0.2, 0) is 10.2 Å². The maximum absolute atomic E-state index is 15.1. The van der Waals surface area contributed by atoms with Crippen molar-refractivity contribution >= 4 is 34.4 Å². The average molecular weight is 583 g/mol. The van der Waals surface area contributed by atoms with Gasteiger partial charge in [0.2, 0.25) is 12.7 Å². The Morgan fingerprint density at radius 3 is 2.36 bits per heavy atom. The number of fused-ring (bicyclic) bond motifs is 7. The molecule has 218 valence electrons. The number of amides is 1. The van der Waals surface area contributed by atoms with Gasteiger partial charge in [-0.05, 0) is 68.3 Å². The maximum atomic E-state index is 15.1. The van der Waals surface area contributed by atoms with Crippen molar-refractivity contribution in [3.05, 3.63) is 124 Å². The summed E-state index contributed by atoms with van der Waals surface area (Å²) in [6.45, 7) is 6.11. The molecular formula is C37H30N2O5. The predicted molar refractivity (Wildman–Crippen MR) is 168 cm³/mol. The third-order valence-corrected chi connectivity index (χ3v) is 9.68. The van der Waals surface area contributed by atoms with E-state index in [0.717, 1.165) is 33.5 Å². The summed E-state index contributed by atoms with van der Waals surface area (Å²) in [5, 5.41) is 3.09. The van der Waals surface area contributed by atoms with Gasteiger partial charge in [-0.2, -0.15) is 0 Å². The highest BCUT2D eigenvalue weighted by molar-refractivity contribution is 6.18. The predicted octanol–water partition coefficient (Wildman–Crippen LogP) is 6.28. The summed E-state index contributed by atoms with van der Waals surface area (Å²) >= 11 is 0. The minimum atomic E-state index is -1.38. The van der Waals surface area contributed by atoms with Crippen molar-refractivity contribution in [2.45, 2.75) is 38.3 Å². The van der Waals surface area contributed by atoms with Crippen molar-refractivity contribution in [1.82, 2.24) is 0 Å². The summed E-state index contributed by atoms with van der Waals surface area (Å²) in [6, 6.07) is 24.6. The number of Topliss-reactive ketones (excluding diaryl/α,β-unsaturated/α-hetero) is 2. The number of benzene rings is 4. The van der Waals surface area contributed by atoms with Gasteiger partial charge in [-0.15, -0.1) is 0 Å². The zero-order chi connectivity index (χ0) is 30.3. The summed E-state index contributed by atoms with van der Waals surface area (Å²) < 4.78 is 11.1. The number of ketones is 2. The average Bonchev–Trinajstić information content (AvgIpc) is 3.70. The van der Waals surface area contributed by atoms with Crippen LogP contribution in [-0.4, -0.2) is 36.4 Å². The lowest BCUT2D eigenvalue weighted by atomic mass is 9.64. The zero-order valence-electron chi connectivity index (χ0n) is 24.6. The number of hydrogen-bond acceptors (Lipinski definition) is 6. The van der Waals surface area contributed by atoms with Crippen LogP contribution in [0, 0.1) is 19.8 Å². The summed E-state index contributed by atoms with van der Waals surface area (Å²) in [7, 11) is 0. The van der Waals surface area contributed by atoms with Crippen LogP contribution in [0.25, 0.3) is 5.57 Å². The quantitative estimate of drug-likeness (QED) is 0.285. The van der Waals surface area contributed by atoms with Crippen LogP contribution in [0.5, 0.6) is 11.5 Å². The van der Waals surface area contributed by atoms with Crippen molar-refractivity contribution in [1.29, 1.82) is 0 Å². The molecule has 8 rings (SSSR count). The lowest BCUT2D eigenvalue weighted by Gasteiger charge is -2.39. The molecule has 4 aromatic carbocycles. The van der Waals surface area contributed by atoms with Crippen molar-refractivity contribution in [3.63, 3.8) is 0 Å². The molecule has 1 amide bonds. The Labute approximate surface area is 255 Å². The fraction of sp³-hybridized carbons (Fsp3) is 0.216. The molecule has 1 fully saturated rings. The van der Waals surface area contributed by atoms with Crippen molar-refractivity contribution in [2.75, 3.05) is 17.0 Å². The summed E-state index contributed by atoms with van der Waals surface area (Å²) in [5.41, 5.74) is 5.79. The molecule has 0 aliphatic carbocycles. The Hall–Kier alpha value is -5.17. The molecule has 4 aliphatic heterocycles. The lowest BCUT2D eigenvalue weighted by Crippen LogP contribution is -2.51. The molecule has 44 heavy (non-hydrogen) atoms. The topological polar surface area (TPSA) is 84.9 Å². The first-order valence-corrected chi connectivity index (χ1v) is 14.8. The first kappa shape index (κ1) is 26.5. The number of anilines is 2. The first-order chi connectivity index (χ1) is 21.3. The smallest absolute Gasteiger partial charge is 0.238 e. The highest BCUT2D eigenvalue weighted by Gasteiger charge is 2.70. The lowest BCUT2D eigenvalue weighted by molar-refractivity contribution is -0.121. The highest BCUT2D eigenvalue weighted by atomic mass is 16.7. The molecule has 7 heteroatoms. The number of para-hydroxylation sites is 1. The number of nitrogens with one attached hydrogen (secondary N) is 1. The van der Waals surface area contributed by atoms with E-state index in [-0.39, 0.29) is 24.3 Å². The van der Waals surface area contributed by atoms with Crippen molar-refractivity contribution < 1.29 is 23.9 Å².